The Hall–Kier alpha value is -3.81. The quantitative estimate of drug-likeness (QED) is 0.703. The van der Waals surface area contributed by atoms with Crippen molar-refractivity contribution in [1.82, 2.24) is 14.8 Å². The minimum Gasteiger partial charge on any atom is -0.319 e. The van der Waals surface area contributed by atoms with Gasteiger partial charge in [0.15, 0.2) is 5.82 Å². The molecule has 2 amide bonds. The Morgan fingerprint density at radius 2 is 1.84 bits per heavy atom. The minimum atomic E-state index is -0.344. The summed E-state index contributed by atoms with van der Waals surface area (Å²) < 4.78 is 1.75. The molecule has 8 heteroatoms. The number of pyridine rings is 1. The summed E-state index contributed by atoms with van der Waals surface area (Å²) in [7, 11) is 0. The molecule has 0 saturated heterocycles. The molecule has 1 N–H and O–H groups in total. The molecule has 4 rings (SSSR count). The molecular weight excluding hydrogens is 392 g/mol. The summed E-state index contributed by atoms with van der Waals surface area (Å²) >= 11 is 0. The highest BCUT2D eigenvalue weighted by molar-refractivity contribution is 6.44. The average Bonchev–Trinajstić information content (AvgIpc) is 3.08. The van der Waals surface area contributed by atoms with Gasteiger partial charge in [-0.2, -0.15) is 10.2 Å². The Morgan fingerprint density at radius 3 is 2.52 bits per heavy atom. The molecule has 1 aromatic carbocycles. The van der Waals surface area contributed by atoms with Crippen LogP contribution in [0.1, 0.15) is 35.4 Å². The molecule has 0 spiro atoms. The van der Waals surface area contributed by atoms with Crippen molar-refractivity contribution < 1.29 is 9.59 Å². The molecule has 0 bridgehead atoms. The maximum atomic E-state index is 12.8. The van der Waals surface area contributed by atoms with Gasteiger partial charge in [0.2, 0.25) is 5.91 Å². The number of aryl methyl sites for hydroxylation is 4. The lowest BCUT2D eigenvalue weighted by Crippen LogP contribution is -2.36. The van der Waals surface area contributed by atoms with Crippen molar-refractivity contribution >= 4 is 28.9 Å². The van der Waals surface area contributed by atoms with Crippen LogP contribution in [-0.4, -0.2) is 32.3 Å². The van der Waals surface area contributed by atoms with Gasteiger partial charge in [-0.3, -0.25) is 9.59 Å². The van der Waals surface area contributed by atoms with Gasteiger partial charge in [0, 0.05) is 18.5 Å². The summed E-state index contributed by atoms with van der Waals surface area (Å²) in [5.41, 5.74) is 5.40. The van der Waals surface area contributed by atoms with E-state index in [4.69, 9.17) is 0 Å². The number of nitrogens with zero attached hydrogens (tertiary/aromatic N) is 5. The van der Waals surface area contributed by atoms with Crippen LogP contribution in [0.3, 0.4) is 0 Å². The number of hydrogen-bond donors (Lipinski definition) is 1. The summed E-state index contributed by atoms with van der Waals surface area (Å²) in [5.74, 6) is 0.204. The molecule has 8 nitrogen and oxygen atoms in total. The number of anilines is 2. The second-order valence-corrected chi connectivity index (χ2v) is 7.74. The zero-order valence-electron chi connectivity index (χ0n) is 18.0. The van der Waals surface area contributed by atoms with Gasteiger partial charge in [0.1, 0.15) is 5.71 Å². The van der Waals surface area contributed by atoms with E-state index in [-0.39, 0.29) is 18.2 Å². The first-order valence-electron chi connectivity index (χ1n) is 10.1. The van der Waals surface area contributed by atoms with Crippen molar-refractivity contribution in [3.63, 3.8) is 0 Å². The van der Waals surface area contributed by atoms with Crippen LogP contribution in [0.4, 0.5) is 11.4 Å². The van der Waals surface area contributed by atoms with Crippen LogP contribution in [-0.2, 0) is 9.59 Å². The highest BCUT2D eigenvalue weighted by atomic mass is 16.2. The van der Waals surface area contributed by atoms with Crippen molar-refractivity contribution in [2.24, 2.45) is 5.10 Å². The van der Waals surface area contributed by atoms with E-state index in [0.717, 1.165) is 22.5 Å². The highest BCUT2D eigenvalue weighted by Crippen LogP contribution is 2.25. The zero-order valence-corrected chi connectivity index (χ0v) is 18.0. The minimum absolute atomic E-state index is 0.124. The van der Waals surface area contributed by atoms with E-state index in [0.29, 0.717) is 29.3 Å². The molecule has 0 unspecified atom stereocenters. The first kappa shape index (κ1) is 20.5. The van der Waals surface area contributed by atoms with Gasteiger partial charge in [0.25, 0.3) is 5.91 Å². The average molecular weight is 416 g/mol. The second-order valence-electron chi connectivity index (χ2n) is 7.74. The number of rotatable bonds is 4. The fourth-order valence-corrected chi connectivity index (χ4v) is 3.50. The van der Waals surface area contributed by atoms with Crippen LogP contribution >= 0.6 is 0 Å². The molecule has 2 aromatic heterocycles. The summed E-state index contributed by atoms with van der Waals surface area (Å²) in [6, 6.07) is 11.4. The van der Waals surface area contributed by atoms with Crippen LogP contribution in [0.2, 0.25) is 0 Å². The van der Waals surface area contributed by atoms with Crippen LogP contribution in [0.25, 0.3) is 5.82 Å². The van der Waals surface area contributed by atoms with Gasteiger partial charge in [-0.25, -0.2) is 14.7 Å². The second kappa shape index (κ2) is 8.14. The summed E-state index contributed by atoms with van der Waals surface area (Å²) in [4.78, 5) is 29.6. The normalized spacial score (nSPS) is 13.9. The van der Waals surface area contributed by atoms with E-state index in [2.05, 4.69) is 20.5 Å². The van der Waals surface area contributed by atoms with E-state index in [9.17, 15) is 9.59 Å². The number of benzene rings is 1. The van der Waals surface area contributed by atoms with Crippen LogP contribution < -0.4 is 10.3 Å². The number of amides is 2. The van der Waals surface area contributed by atoms with E-state index >= 15 is 0 Å². The SMILES string of the molecule is Cc1ccc(C)c(N2N=C(C(=O)Nc3ccc(-n4nc(C)cc4C)nc3)CCC2=O)c1. The highest BCUT2D eigenvalue weighted by Gasteiger charge is 2.26. The lowest BCUT2D eigenvalue weighted by Gasteiger charge is -2.24. The number of aromatic nitrogens is 3. The Balaban J connectivity index is 1.53. The molecule has 1 aliphatic rings. The van der Waals surface area contributed by atoms with Gasteiger partial charge in [-0.05, 0) is 63.1 Å². The molecule has 0 aliphatic carbocycles. The number of hydrazone groups is 1. The number of hydrogen-bond acceptors (Lipinski definition) is 5. The largest absolute Gasteiger partial charge is 0.319 e. The summed E-state index contributed by atoms with van der Waals surface area (Å²) in [6.45, 7) is 7.76. The van der Waals surface area contributed by atoms with Crippen LogP contribution in [0.5, 0.6) is 0 Å². The van der Waals surface area contributed by atoms with Gasteiger partial charge in [-0.1, -0.05) is 12.1 Å². The van der Waals surface area contributed by atoms with Crippen molar-refractivity contribution in [3.8, 4) is 5.82 Å². The van der Waals surface area contributed by atoms with Crippen LogP contribution in [0.15, 0.2) is 47.7 Å². The summed E-state index contributed by atoms with van der Waals surface area (Å²) in [5, 5.41) is 12.9. The van der Waals surface area contributed by atoms with Gasteiger partial charge in [-0.15, -0.1) is 0 Å². The first-order chi connectivity index (χ1) is 14.8. The fourth-order valence-electron chi connectivity index (χ4n) is 3.50. The van der Waals surface area contributed by atoms with Gasteiger partial charge >= 0.3 is 0 Å². The monoisotopic (exact) mass is 416 g/mol. The molecule has 1 aliphatic heterocycles. The number of nitrogens with one attached hydrogen (secondary N) is 1. The Bertz CT molecular complexity index is 1190. The van der Waals surface area contributed by atoms with Gasteiger partial charge < -0.3 is 5.32 Å². The molecule has 3 aromatic rings. The Labute approximate surface area is 180 Å². The molecule has 0 atom stereocenters. The zero-order chi connectivity index (χ0) is 22.1. The third kappa shape index (κ3) is 4.23. The predicted octanol–water partition coefficient (Wildman–Crippen LogP) is 3.62. The molecule has 0 saturated carbocycles. The predicted molar refractivity (Wildman–Crippen MR) is 120 cm³/mol. The fraction of sp³-hybridized carbons (Fsp3) is 0.261. The molecule has 3 heterocycles. The van der Waals surface area contributed by atoms with E-state index in [1.54, 1.807) is 23.0 Å². The first-order valence-corrected chi connectivity index (χ1v) is 10.1. The molecule has 0 radical (unpaired) electrons. The van der Waals surface area contributed by atoms with Crippen LogP contribution in [0, 0.1) is 27.7 Å². The lowest BCUT2D eigenvalue weighted by molar-refractivity contribution is -0.118. The number of carbonyl (C=O) groups is 2. The molecule has 31 heavy (non-hydrogen) atoms. The van der Waals surface area contributed by atoms with Crippen molar-refractivity contribution in [2.75, 3.05) is 10.3 Å². The molecule has 158 valence electrons. The maximum absolute atomic E-state index is 12.8. The lowest BCUT2D eigenvalue weighted by atomic mass is 10.1. The van der Waals surface area contributed by atoms with Crippen molar-refractivity contribution in [3.05, 3.63) is 65.1 Å². The standard InChI is InChI=1S/C23H24N6O2/c1-14-5-6-15(2)20(11-14)29-22(30)10-8-19(27-29)23(31)25-18-7-9-21(24-13-18)28-17(4)12-16(3)26-28/h5-7,9,11-13H,8,10H2,1-4H3,(H,25,31). The smallest absolute Gasteiger partial charge is 0.271 e. The maximum Gasteiger partial charge on any atom is 0.271 e. The third-order valence-corrected chi connectivity index (χ3v) is 5.12. The Morgan fingerprint density at radius 1 is 1.03 bits per heavy atom. The summed E-state index contributed by atoms with van der Waals surface area (Å²) in [6.07, 6.45) is 2.11. The third-order valence-electron chi connectivity index (χ3n) is 5.12. The van der Waals surface area contributed by atoms with Crippen molar-refractivity contribution in [1.29, 1.82) is 0 Å². The van der Waals surface area contributed by atoms with E-state index in [1.807, 2.05) is 52.0 Å². The Kier molecular flexibility index (Phi) is 5.37. The van der Waals surface area contributed by atoms with E-state index < -0.39 is 0 Å². The van der Waals surface area contributed by atoms with E-state index in [1.165, 1.54) is 5.01 Å². The molecule has 0 fully saturated rings. The van der Waals surface area contributed by atoms with Gasteiger partial charge in [0.05, 0.1) is 23.3 Å². The topological polar surface area (TPSA) is 92.5 Å². The number of carbonyl (C=O) groups excluding carboxylic acids is 2. The van der Waals surface area contributed by atoms with Crippen molar-refractivity contribution in [2.45, 2.75) is 40.5 Å². The molecular formula is C23H24N6O2.